The first kappa shape index (κ1) is 41.5. The number of fused-ring (bicyclic) bond motifs is 6. The van der Waals surface area contributed by atoms with Gasteiger partial charge in [0.1, 0.15) is 12.2 Å². The van der Waals surface area contributed by atoms with E-state index in [-0.39, 0.29) is 12.5 Å². The number of aliphatic hydroxyl groups is 3. The summed E-state index contributed by atoms with van der Waals surface area (Å²) in [4.78, 5) is 29.2. The van der Waals surface area contributed by atoms with E-state index in [1.54, 1.807) is 6.92 Å². The second kappa shape index (κ2) is 15.2. The van der Waals surface area contributed by atoms with E-state index in [0.717, 1.165) is 0 Å². The summed E-state index contributed by atoms with van der Waals surface area (Å²) < 4.78 is 59.4. The molecule has 9 bridgehead atoms. The van der Waals surface area contributed by atoms with Crippen LogP contribution in [0.1, 0.15) is 126 Å². The molecule has 312 valence electrons. The van der Waals surface area contributed by atoms with Gasteiger partial charge in [-0.15, -0.1) is 0 Å². The number of carbonyl (C=O) groups excluding carboxylic acids is 2. The highest BCUT2D eigenvalue weighted by Gasteiger charge is 2.73. The number of esters is 2. The van der Waals surface area contributed by atoms with Crippen LogP contribution in [0.2, 0.25) is 0 Å². The second-order valence-electron chi connectivity index (χ2n) is 18.7. The first-order valence-corrected chi connectivity index (χ1v) is 20.8. The van der Waals surface area contributed by atoms with Gasteiger partial charge >= 0.3 is 18.9 Å². The van der Waals surface area contributed by atoms with E-state index in [4.69, 9.17) is 42.3 Å². The van der Waals surface area contributed by atoms with E-state index in [9.17, 15) is 24.9 Å². The monoisotopic (exact) mass is 779 g/mol. The van der Waals surface area contributed by atoms with Crippen LogP contribution in [0.15, 0.2) is 12.2 Å². The average molecular weight is 780 g/mol. The van der Waals surface area contributed by atoms with Crippen molar-refractivity contribution in [2.24, 2.45) is 22.7 Å². The van der Waals surface area contributed by atoms with Crippen molar-refractivity contribution in [3.63, 3.8) is 0 Å². The highest BCUT2D eigenvalue weighted by molar-refractivity contribution is 6.56. The molecule has 14 nitrogen and oxygen atoms in total. The van der Waals surface area contributed by atoms with E-state index in [1.165, 1.54) is 0 Å². The molecule has 6 saturated heterocycles. The Morgan fingerprint density at radius 3 is 1.85 bits per heavy atom. The van der Waals surface area contributed by atoms with Crippen molar-refractivity contribution < 1.29 is 67.2 Å². The van der Waals surface area contributed by atoms with Crippen LogP contribution in [0, 0.1) is 22.7 Å². The van der Waals surface area contributed by atoms with Gasteiger partial charge in [0.2, 0.25) is 0 Å². The topological polar surface area (TPSA) is 178 Å². The van der Waals surface area contributed by atoms with Gasteiger partial charge in [0, 0.05) is 35.5 Å². The zero-order valence-corrected chi connectivity index (χ0v) is 33.8. The van der Waals surface area contributed by atoms with Crippen LogP contribution in [0.25, 0.3) is 0 Å². The molecule has 16 atom stereocenters. The van der Waals surface area contributed by atoms with Gasteiger partial charge in [0.15, 0.2) is 23.8 Å². The Morgan fingerprint density at radius 2 is 1.29 bits per heavy atom. The number of hydrogen-bond acceptors (Lipinski definition) is 14. The van der Waals surface area contributed by atoms with Crippen molar-refractivity contribution in [3.05, 3.63) is 12.2 Å². The third-order valence-electron chi connectivity index (χ3n) is 14.2. The summed E-state index contributed by atoms with van der Waals surface area (Å²) in [6.45, 7) is 11.5. The van der Waals surface area contributed by atoms with Crippen molar-refractivity contribution in [2.45, 2.75) is 205 Å². The van der Waals surface area contributed by atoms with E-state index in [0.29, 0.717) is 64.2 Å². The highest BCUT2D eigenvalue weighted by atomic mass is 17.0. The Hall–Kier alpha value is -1.66. The number of ether oxygens (including phenoxy) is 5. The number of carbonyl (C=O) groups is 2. The maximum absolute atomic E-state index is 14.6. The Kier molecular flexibility index (Phi) is 11.5. The molecule has 7 rings (SSSR count). The lowest BCUT2D eigenvalue weighted by molar-refractivity contribution is -0.311. The molecule has 1 unspecified atom stereocenters. The fourth-order valence-electron chi connectivity index (χ4n) is 9.99. The fourth-order valence-corrected chi connectivity index (χ4v) is 9.99. The first-order valence-electron chi connectivity index (χ1n) is 20.8. The van der Waals surface area contributed by atoms with Crippen molar-refractivity contribution in [1.82, 2.24) is 0 Å². The van der Waals surface area contributed by atoms with Gasteiger partial charge in [0.25, 0.3) is 0 Å². The largest absolute Gasteiger partial charge is 0.536 e. The second-order valence-corrected chi connectivity index (χ2v) is 18.7. The summed E-state index contributed by atoms with van der Waals surface area (Å²) in [6.07, 6.45) is 0.333. The number of cyclic esters (lactones) is 1. The van der Waals surface area contributed by atoms with Gasteiger partial charge in [-0.05, 0) is 71.6 Å². The molecule has 0 aromatic heterocycles. The minimum Gasteiger partial charge on any atom is -0.504 e. The Bertz CT molecular complexity index is 1460. The molecule has 3 N–H and O–H groups in total. The van der Waals surface area contributed by atoms with Crippen LogP contribution in [-0.4, -0.2) is 113 Å². The zero-order chi connectivity index (χ0) is 39.7. The SMILES string of the molecule is C[C@@H]1CC[C@@H]2O[C@]13O[B-]14O[C@H]3C(=O)O[C@H]([C@@H](C)O)C/C=C\CC[C@H](O)C(C)(C)[C@@H]3CC[C@@H](C)[C@](O3)(O1)[C@@H](O4)C(=O)O[C@H]1C[C@@H](CCC[C@@H](O)C2(C)C)O[C@@H]1C. The lowest BCUT2D eigenvalue weighted by atomic mass is 9.73. The van der Waals surface area contributed by atoms with Gasteiger partial charge in [-0.25, -0.2) is 9.59 Å². The molecule has 55 heavy (non-hydrogen) atoms. The molecular weight excluding hydrogens is 715 g/mol. The summed E-state index contributed by atoms with van der Waals surface area (Å²) in [7, 11) is 0. The molecule has 7 aliphatic rings. The standard InChI is InChI=1S/C40H64BO14/c1-22-18-20-32-38(7,8)30(44)16-12-13-26-21-28(25(4)47-26)49-36(46)34-40-23(2)17-19-31(50-40)37(5,6)29(43)15-11-9-10-14-27(24(3)42)48-35(45)33-39(22,51-32)54-41(52-33,53-34)55-40/h9-10,22-34,42-44H,11-21H2,1-8H3/q-1/b10-9-/t22-,23-,24-,25-,26-,27+,28+,29+,30-,31+,32+,33+,34+,39+,40+,41?/m1/s1. The molecule has 0 aromatic rings. The van der Waals surface area contributed by atoms with E-state index in [1.807, 2.05) is 60.6 Å². The first-order chi connectivity index (χ1) is 25.8. The number of hydrogen-bond donors (Lipinski definition) is 3. The minimum absolute atomic E-state index is 0.169. The fraction of sp³-hybridized carbons (Fsp3) is 0.900. The lowest BCUT2D eigenvalue weighted by Gasteiger charge is -2.52. The molecule has 0 aromatic carbocycles. The molecule has 0 amide bonds. The summed E-state index contributed by atoms with van der Waals surface area (Å²) in [5, 5.41) is 34.1. The summed E-state index contributed by atoms with van der Waals surface area (Å²) >= 11 is 0. The van der Waals surface area contributed by atoms with E-state index < -0.39 is 114 Å². The Morgan fingerprint density at radius 1 is 0.745 bits per heavy atom. The number of allylic oxidation sites excluding steroid dienone is 1. The van der Waals surface area contributed by atoms with Crippen LogP contribution in [0.3, 0.4) is 0 Å². The van der Waals surface area contributed by atoms with Crippen molar-refractivity contribution in [1.29, 1.82) is 0 Å². The molecule has 7 aliphatic heterocycles. The smallest absolute Gasteiger partial charge is 0.504 e. The predicted molar refractivity (Wildman–Crippen MR) is 196 cm³/mol. The maximum atomic E-state index is 14.6. The van der Waals surface area contributed by atoms with Crippen LogP contribution < -0.4 is 0 Å². The molecule has 3 spiro atoms. The molecule has 0 radical (unpaired) electrons. The molecule has 15 heteroatoms. The number of rotatable bonds is 1. The van der Waals surface area contributed by atoms with Crippen molar-refractivity contribution in [2.75, 3.05) is 0 Å². The summed E-state index contributed by atoms with van der Waals surface area (Å²) in [6, 6.07) is 0. The predicted octanol–water partition coefficient (Wildman–Crippen LogP) is 4.36. The van der Waals surface area contributed by atoms with Crippen molar-refractivity contribution >= 4 is 18.9 Å². The third-order valence-corrected chi connectivity index (χ3v) is 14.2. The van der Waals surface area contributed by atoms with Crippen LogP contribution in [-0.2, 0) is 51.9 Å². The van der Waals surface area contributed by atoms with Gasteiger partial charge in [0.05, 0.1) is 42.7 Å². The van der Waals surface area contributed by atoms with Crippen LogP contribution >= 0.6 is 0 Å². The quantitative estimate of drug-likeness (QED) is 0.194. The molecule has 7 heterocycles. The minimum atomic E-state index is -3.46. The van der Waals surface area contributed by atoms with E-state index in [2.05, 4.69) is 0 Å². The van der Waals surface area contributed by atoms with Crippen molar-refractivity contribution in [3.8, 4) is 0 Å². The summed E-state index contributed by atoms with van der Waals surface area (Å²) in [5.74, 6) is -6.21. The zero-order valence-electron chi connectivity index (χ0n) is 33.8. The average Bonchev–Trinajstić information content (AvgIpc) is 3.75. The van der Waals surface area contributed by atoms with Crippen LogP contribution in [0.4, 0.5) is 0 Å². The molecule has 0 aliphatic carbocycles. The van der Waals surface area contributed by atoms with Gasteiger partial charge in [-0.1, -0.05) is 53.7 Å². The normalized spacial score (nSPS) is 50.1. The van der Waals surface area contributed by atoms with Gasteiger partial charge < -0.3 is 57.6 Å². The van der Waals surface area contributed by atoms with E-state index >= 15 is 0 Å². The molecule has 0 saturated carbocycles. The van der Waals surface area contributed by atoms with Crippen LogP contribution in [0.5, 0.6) is 0 Å². The third kappa shape index (κ3) is 7.35. The molecular formula is C40H64BO14-. The van der Waals surface area contributed by atoms with Gasteiger partial charge in [-0.3, -0.25) is 0 Å². The Balaban J connectivity index is 1.38. The Labute approximate surface area is 325 Å². The van der Waals surface area contributed by atoms with Gasteiger partial charge in [-0.2, -0.15) is 0 Å². The molecule has 6 fully saturated rings. The lowest BCUT2D eigenvalue weighted by Crippen LogP contribution is -2.61. The number of aliphatic hydroxyl groups excluding tert-OH is 3. The highest BCUT2D eigenvalue weighted by Crippen LogP contribution is 2.57. The summed E-state index contributed by atoms with van der Waals surface area (Å²) in [5.41, 5.74) is -1.59. The maximum Gasteiger partial charge on any atom is 0.536 e.